The first-order valence-corrected chi connectivity index (χ1v) is 9.68. The first kappa shape index (κ1) is 19.4. The summed E-state index contributed by atoms with van der Waals surface area (Å²) in [6.45, 7) is 6.02. The number of nitrogens with two attached hydrogens (primary N) is 1. The fourth-order valence-electron chi connectivity index (χ4n) is 3.41. The number of rotatable bonds is 8. The smallest absolute Gasteiger partial charge is 0.226 e. The Morgan fingerprint density at radius 2 is 1.93 bits per heavy atom. The normalized spacial score (nSPS) is 15.5. The van der Waals surface area contributed by atoms with Gasteiger partial charge in [-0.1, -0.05) is 30.3 Å². The van der Waals surface area contributed by atoms with E-state index in [0.29, 0.717) is 6.61 Å². The lowest BCUT2D eigenvalue weighted by Gasteiger charge is -2.16. The summed E-state index contributed by atoms with van der Waals surface area (Å²) in [6.07, 6.45) is 2.83. The van der Waals surface area contributed by atoms with Gasteiger partial charge in [0.05, 0.1) is 0 Å². The third kappa shape index (κ3) is 5.81. The minimum absolute atomic E-state index is 0.0894. The van der Waals surface area contributed by atoms with Crippen LogP contribution in [0.3, 0.4) is 0 Å². The number of hydrogen-bond acceptors (Lipinski definition) is 4. The van der Waals surface area contributed by atoms with Gasteiger partial charge in [-0.05, 0) is 62.2 Å². The second kappa shape index (κ2) is 9.53. The van der Waals surface area contributed by atoms with Crippen molar-refractivity contribution in [1.82, 2.24) is 4.90 Å². The molecule has 2 aromatic rings. The molecule has 0 saturated carbocycles. The molecule has 1 aliphatic heterocycles. The molecule has 3 rings (SSSR count). The van der Waals surface area contributed by atoms with Crippen molar-refractivity contribution in [3.63, 3.8) is 0 Å². The van der Waals surface area contributed by atoms with Crippen LogP contribution in [0.2, 0.25) is 0 Å². The Morgan fingerprint density at radius 1 is 1.19 bits per heavy atom. The van der Waals surface area contributed by atoms with Crippen LogP contribution in [0.5, 0.6) is 5.75 Å². The zero-order chi connectivity index (χ0) is 19.1. The molecule has 0 spiro atoms. The zero-order valence-corrected chi connectivity index (χ0v) is 16.0. The van der Waals surface area contributed by atoms with E-state index in [1.807, 2.05) is 55.5 Å². The molecule has 0 bridgehead atoms. The van der Waals surface area contributed by atoms with Gasteiger partial charge < -0.3 is 15.8 Å². The van der Waals surface area contributed by atoms with Crippen LogP contribution >= 0.6 is 0 Å². The summed E-state index contributed by atoms with van der Waals surface area (Å²) in [5.74, 6) is 0.779. The maximum Gasteiger partial charge on any atom is 0.226 e. The second-order valence-electron chi connectivity index (χ2n) is 7.15. The highest BCUT2D eigenvalue weighted by Gasteiger charge is 2.13. The summed E-state index contributed by atoms with van der Waals surface area (Å²) in [4.78, 5) is 14.7. The van der Waals surface area contributed by atoms with Crippen LogP contribution in [0, 0.1) is 6.92 Å². The number of anilines is 1. The predicted molar refractivity (Wildman–Crippen MR) is 109 cm³/mol. The Hall–Kier alpha value is -2.37. The molecule has 5 nitrogen and oxygen atoms in total. The third-order valence-corrected chi connectivity index (χ3v) is 4.96. The van der Waals surface area contributed by atoms with Crippen molar-refractivity contribution in [2.75, 3.05) is 31.6 Å². The Bertz CT molecular complexity index is 742. The van der Waals surface area contributed by atoms with Gasteiger partial charge in [0.1, 0.15) is 12.4 Å². The number of nitrogens with zero attached hydrogens (tertiary/aromatic N) is 1. The third-order valence-electron chi connectivity index (χ3n) is 4.96. The molecule has 1 saturated heterocycles. The minimum Gasteiger partial charge on any atom is -0.492 e. The van der Waals surface area contributed by atoms with E-state index >= 15 is 0 Å². The Kier molecular flexibility index (Phi) is 6.85. The van der Waals surface area contributed by atoms with Gasteiger partial charge >= 0.3 is 0 Å². The maximum atomic E-state index is 12.3. The molecule has 1 heterocycles. The second-order valence-corrected chi connectivity index (χ2v) is 7.15. The van der Waals surface area contributed by atoms with Gasteiger partial charge in [0, 0.05) is 24.7 Å². The fraction of sp³-hybridized carbons (Fsp3) is 0.409. The summed E-state index contributed by atoms with van der Waals surface area (Å²) >= 11 is 0. The highest BCUT2D eigenvalue weighted by Crippen LogP contribution is 2.23. The van der Waals surface area contributed by atoms with Crippen molar-refractivity contribution in [1.29, 1.82) is 0 Å². The summed E-state index contributed by atoms with van der Waals surface area (Å²) in [7, 11) is 0. The van der Waals surface area contributed by atoms with Gasteiger partial charge in [0.2, 0.25) is 5.91 Å². The van der Waals surface area contributed by atoms with Gasteiger partial charge in [-0.25, -0.2) is 0 Å². The van der Waals surface area contributed by atoms with Crippen LogP contribution in [0.15, 0.2) is 48.5 Å². The highest BCUT2D eigenvalue weighted by molar-refractivity contribution is 5.91. The molecular formula is C22H29N3O2. The standard InChI is InChI=1S/C22H29N3O2/c1-17-15-19(9-10-21(17)27-14-13-25-11-5-6-12-25)24-22(26)16-20(23)18-7-3-2-4-8-18/h2-4,7-10,15,20H,5-6,11-14,16,23H2,1H3,(H,24,26). The number of carbonyl (C=O) groups is 1. The quantitative estimate of drug-likeness (QED) is 0.749. The van der Waals surface area contributed by atoms with Crippen LogP contribution in [0.25, 0.3) is 0 Å². The lowest BCUT2D eigenvalue weighted by atomic mass is 10.0. The van der Waals surface area contributed by atoms with E-state index in [4.69, 9.17) is 10.5 Å². The molecule has 3 N–H and O–H groups in total. The molecule has 144 valence electrons. The molecule has 0 aliphatic carbocycles. The van der Waals surface area contributed by atoms with Crippen LogP contribution in [-0.4, -0.2) is 37.0 Å². The number of aryl methyl sites for hydroxylation is 1. The minimum atomic E-state index is -0.305. The molecule has 0 aromatic heterocycles. The lowest BCUT2D eigenvalue weighted by molar-refractivity contribution is -0.116. The molecular weight excluding hydrogens is 338 g/mol. The van der Waals surface area contributed by atoms with Crippen molar-refractivity contribution in [3.05, 3.63) is 59.7 Å². The van der Waals surface area contributed by atoms with Crippen molar-refractivity contribution in [2.24, 2.45) is 5.73 Å². The molecule has 1 aliphatic rings. The summed E-state index contributed by atoms with van der Waals surface area (Å²) in [6, 6.07) is 15.1. The predicted octanol–water partition coefficient (Wildman–Crippen LogP) is 3.50. The van der Waals surface area contributed by atoms with Crippen molar-refractivity contribution in [2.45, 2.75) is 32.2 Å². The molecule has 5 heteroatoms. The SMILES string of the molecule is Cc1cc(NC(=O)CC(N)c2ccccc2)ccc1OCCN1CCCC1. The monoisotopic (exact) mass is 367 g/mol. The van der Waals surface area contributed by atoms with E-state index in [1.165, 1.54) is 25.9 Å². The molecule has 27 heavy (non-hydrogen) atoms. The molecule has 1 atom stereocenters. The summed E-state index contributed by atoms with van der Waals surface area (Å²) in [5, 5.41) is 2.93. The average molecular weight is 367 g/mol. The number of benzene rings is 2. The van der Waals surface area contributed by atoms with Crippen LogP contribution in [0.4, 0.5) is 5.69 Å². The fourth-order valence-corrected chi connectivity index (χ4v) is 3.41. The van der Waals surface area contributed by atoms with Crippen LogP contribution < -0.4 is 15.8 Å². The largest absolute Gasteiger partial charge is 0.492 e. The number of hydrogen-bond donors (Lipinski definition) is 2. The number of ether oxygens (including phenoxy) is 1. The average Bonchev–Trinajstić information content (AvgIpc) is 3.17. The number of nitrogens with one attached hydrogen (secondary N) is 1. The molecule has 1 amide bonds. The first-order chi connectivity index (χ1) is 13.1. The number of amides is 1. The molecule has 1 fully saturated rings. The van der Waals surface area contributed by atoms with Crippen LogP contribution in [0.1, 0.15) is 36.4 Å². The van der Waals surface area contributed by atoms with Crippen molar-refractivity contribution < 1.29 is 9.53 Å². The Morgan fingerprint density at radius 3 is 2.63 bits per heavy atom. The van der Waals surface area contributed by atoms with Crippen molar-refractivity contribution in [3.8, 4) is 5.75 Å². The van der Waals surface area contributed by atoms with E-state index in [1.54, 1.807) is 0 Å². The van der Waals surface area contributed by atoms with Crippen LogP contribution in [-0.2, 0) is 4.79 Å². The van der Waals surface area contributed by atoms with Gasteiger partial charge in [-0.3, -0.25) is 9.69 Å². The topological polar surface area (TPSA) is 67.6 Å². The summed E-state index contributed by atoms with van der Waals surface area (Å²) in [5.41, 5.74) is 8.87. The zero-order valence-electron chi connectivity index (χ0n) is 16.0. The number of likely N-dealkylation sites (tertiary alicyclic amines) is 1. The van der Waals surface area contributed by atoms with Gasteiger partial charge in [-0.15, -0.1) is 0 Å². The Balaban J connectivity index is 1.48. The van der Waals surface area contributed by atoms with E-state index in [0.717, 1.165) is 29.1 Å². The maximum absolute atomic E-state index is 12.3. The van der Waals surface area contributed by atoms with E-state index in [9.17, 15) is 4.79 Å². The molecule has 1 unspecified atom stereocenters. The van der Waals surface area contributed by atoms with E-state index in [-0.39, 0.29) is 18.4 Å². The van der Waals surface area contributed by atoms with E-state index < -0.39 is 0 Å². The van der Waals surface area contributed by atoms with Gasteiger partial charge in [-0.2, -0.15) is 0 Å². The summed E-state index contributed by atoms with van der Waals surface area (Å²) < 4.78 is 5.91. The van der Waals surface area contributed by atoms with Gasteiger partial charge in [0.25, 0.3) is 0 Å². The number of carbonyl (C=O) groups excluding carboxylic acids is 1. The highest BCUT2D eigenvalue weighted by atomic mass is 16.5. The Labute approximate surface area is 161 Å². The lowest BCUT2D eigenvalue weighted by Crippen LogP contribution is -2.25. The van der Waals surface area contributed by atoms with Crippen molar-refractivity contribution >= 4 is 11.6 Å². The van der Waals surface area contributed by atoms with E-state index in [2.05, 4.69) is 10.2 Å². The first-order valence-electron chi connectivity index (χ1n) is 9.68. The van der Waals surface area contributed by atoms with Gasteiger partial charge in [0.15, 0.2) is 0 Å². The molecule has 2 aromatic carbocycles. The molecule has 0 radical (unpaired) electrons.